The molecule has 0 saturated heterocycles. The van der Waals surface area contributed by atoms with Gasteiger partial charge in [-0.2, -0.15) is 0 Å². The molecule has 5 nitrogen and oxygen atoms in total. The van der Waals surface area contributed by atoms with Crippen LogP contribution in [0.15, 0.2) is 41.5 Å². The van der Waals surface area contributed by atoms with Crippen LogP contribution in [0.1, 0.15) is 35.0 Å². The standard InChI is InChI=1S/C18H19ClN4OS/c1-18(5-6-25-17(21)23-18)12-4-2-3-11(7-12)8-15(24)16-14(20)9-13(19)10-22-16/h2-4,7,9-10H,5-6,8,20H2,1H3,(H2,21,23)/t18-/m0/s1. The maximum Gasteiger partial charge on any atom is 0.187 e. The van der Waals surface area contributed by atoms with Gasteiger partial charge < -0.3 is 11.5 Å². The number of carbonyl (C=O) groups is 1. The number of thioether (sulfide) groups is 1. The Morgan fingerprint density at radius 3 is 2.88 bits per heavy atom. The molecule has 7 heteroatoms. The highest BCUT2D eigenvalue weighted by atomic mass is 35.5. The van der Waals surface area contributed by atoms with E-state index < -0.39 is 0 Å². The van der Waals surface area contributed by atoms with E-state index in [0.29, 0.717) is 15.9 Å². The molecule has 130 valence electrons. The van der Waals surface area contributed by atoms with Gasteiger partial charge in [-0.15, -0.1) is 0 Å². The van der Waals surface area contributed by atoms with Gasteiger partial charge in [-0.3, -0.25) is 9.79 Å². The highest BCUT2D eigenvalue weighted by Crippen LogP contribution is 2.35. The number of nitrogen functional groups attached to an aromatic ring is 1. The van der Waals surface area contributed by atoms with Crippen LogP contribution in [0.5, 0.6) is 0 Å². The summed E-state index contributed by atoms with van der Waals surface area (Å²) in [6.45, 7) is 2.07. The Bertz CT molecular complexity index is 855. The fourth-order valence-electron chi connectivity index (χ4n) is 2.87. The van der Waals surface area contributed by atoms with Crippen LogP contribution in [-0.4, -0.2) is 21.7 Å². The smallest absolute Gasteiger partial charge is 0.187 e. The van der Waals surface area contributed by atoms with Crippen molar-refractivity contribution in [2.45, 2.75) is 25.3 Å². The summed E-state index contributed by atoms with van der Waals surface area (Å²) in [6, 6.07) is 9.43. The molecule has 1 aliphatic rings. The Morgan fingerprint density at radius 1 is 1.36 bits per heavy atom. The van der Waals surface area contributed by atoms with Crippen LogP contribution < -0.4 is 11.5 Å². The van der Waals surface area contributed by atoms with Crippen LogP contribution in [0.2, 0.25) is 5.02 Å². The van der Waals surface area contributed by atoms with Gasteiger partial charge in [0.1, 0.15) is 5.69 Å². The predicted octanol–water partition coefficient (Wildman–Crippen LogP) is 3.41. The van der Waals surface area contributed by atoms with Gasteiger partial charge in [-0.1, -0.05) is 47.6 Å². The molecule has 1 aromatic carbocycles. The number of ketones is 1. The number of anilines is 1. The molecule has 0 spiro atoms. The Labute approximate surface area is 155 Å². The molecule has 2 heterocycles. The van der Waals surface area contributed by atoms with Crippen LogP contribution in [0, 0.1) is 0 Å². The van der Waals surface area contributed by atoms with Gasteiger partial charge in [0.05, 0.1) is 16.2 Å². The number of carbonyl (C=O) groups excluding carboxylic acids is 1. The van der Waals surface area contributed by atoms with Gasteiger partial charge in [0.15, 0.2) is 11.0 Å². The molecule has 0 saturated carbocycles. The molecule has 1 aliphatic heterocycles. The summed E-state index contributed by atoms with van der Waals surface area (Å²) in [5.41, 5.74) is 13.9. The minimum absolute atomic E-state index is 0.140. The summed E-state index contributed by atoms with van der Waals surface area (Å²) in [7, 11) is 0. The third-order valence-corrected chi connectivity index (χ3v) is 5.26. The molecule has 1 aromatic heterocycles. The lowest BCUT2D eigenvalue weighted by molar-refractivity contribution is 0.0989. The van der Waals surface area contributed by atoms with Crippen LogP contribution in [0.4, 0.5) is 5.69 Å². The number of benzene rings is 1. The maximum absolute atomic E-state index is 12.5. The number of nitrogens with zero attached hydrogens (tertiary/aromatic N) is 2. The Balaban J connectivity index is 1.85. The zero-order valence-electron chi connectivity index (χ0n) is 13.8. The molecule has 0 unspecified atom stereocenters. The molecule has 0 amide bonds. The minimum Gasteiger partial charge on any atom is -0.397 e. The molecule has 0 aliphatic carbocycles. The van der Waals surface area contributed by atoms with Crippen molar-refractivity contribution in [2.75, 3.05) is 11.5 Å². The highest BCUT2D eigenvalue weighted by molar-refractivity contribution is 8.13. The van der Waals surface area contributed by atoms with Gasteiger partial charge in [0.2, 0.25) is 0 Å². The van der Waals surface area contributed by atoms with Crippen LogP contribution in [0.25, 0.3) is 0 Å². The predicted molar refractivity (Wildman–Crippen MR) is 104 cm³/mol. The Kier molecular flexibility index (Phi) is 5.01. The van der Waals surface area contributed by atoms with E-state index in [2.05, 4.69) is 16.9 Å². The largest absolute Gasteiger partial charge is 0.397 e. The second-order valence-corrected chi connectivity index (χ2v) is 7.77. The number of aliphatic imine (C=N–C) groups is 1. The van der Waals surface area contributed by atoms with E-state index in [-0.39, 0.29) is 23.4 Å². The summed E-state index contributed by atoms with van der Waals surface area (Å²) in [4.78, 5) is 21.2. The van der Waals surface area contributed by atoms with E-state index in [1.54, 1.807) is 11.8 Å². The molecular weight excluding hydrogens is 356 g/mol. The van der Waals surface area contributed by atoms with E-state index in [9.17, 15) is 4.79 Å². The number of amidine groups is 1. The fourth-order valence-corrected chi connectivity index (χ4v) is 4.01. The lowest BCUT2D eigenvalue weighted by atomic mass is 9.88. The van der Waals surface area contributed by atoms with Crippen molar-refractivity contribution in [3.63, 3.8) is 0 Å². The normalized spacial score (nSPS) is 20.2. The lowest BCUT2D eigenvalue weighted by Crippen LogP contribution is -2.28. The first-order valence-corrected chi connectivity index (χ1v) is 9.25. The first kappa shape index (κ1) is 17.8. The SMILES string of the molecule is C[C@@]1(c2cccc(CC(=O)c3ncc(Cl)cc3N)c2)CCSC(N)=N1. The molecule has 2 aromatic rings. The third-order valence-electron chi connectivity index (χ3n) is 4.26. The Morgan fingerprint density at radius 2 is 2.16 bits per heavy atom. The zero-order chi connectivity index (χ0) is 18.0. The van der Waals surface area contributed by atoms with Crippen molar-refractivity contribution < 1.29 is 4.79 Å². The molecule has 4 N–H and O–H groups in total. The fraction of sp³-hybridized carbons (Fsp3) is 0.278. The number of pyridine rings is 1. The quantitative estimate of drug-likeness (QED) is 0.799. The number of hydrogen-bond acceptors (Lipinski definition) is 6. The van der Waals surface area contributed by atoms with E-state index in [4.69, 9.17) is 23.1 Å². The number of halogens is 1. The van der Waals surface area contributed by atoms with Gasteiger partial charge in [-0.05, 0) is 30.5 Å². The molecule has 1 atom stereocenters. The van der Waals surface area contributed by atoms with Crippen molar-refractivity contribution in [3.05, 3.63) is 58.4 Å². The maximum atomic E-state index is 12.5. The van der Waals surface area contributed by atoms with Gasteiger partial charge in [-0.25, -0.2) is 4.98 Å². The van der Waals surface area contributed by atoms with Crippen LogP contribution in [0.3, 0.4) is 0 Å². The van der Waals surface area contributed by atoms with Gasteiger partial charge >= 0.3 is 0 Å². The summed E-state index contributed by atoms with van der Waals surface area (Å²) in [6.07, 6.45) is 2.55. The number of hydrogen-bond donors (Lipinski definition) is 2. The molecular formula is C18H19ClN4OS. The average Bonchev–Trinajstić information content (AvgIpc) is 2.54. The van der Waals surface area contributed by atoms with Crippen LogP contribution in [-0.2, 0) is 12.0 Å². The molecule has 0 fully saturated rings. The summed E-state index contributed by atoms with van der Waals surface area (Å²) in [5, 5.41) is 1.02. The molecule has 25 heavy (non-hydrogen) atoms. The Hall–Kier alpha value is -2.05. The highest BCUT2D eigenvalue weighted by Gasteiger charge is 2.29. The summed E-state index contributed by atoms with van der Waals surface area (Å²) in [5.74, 6) is 0.791. The van der Waals surface area contributed by atoms with Crippen molar-refractivity contribution in [1.29, 1.82) is 0 Å². The number of rotatable bonds is 4. The molecule has 3 rings (SSSR count). The third kappa shape index (κ3) is 3.96. The van der Waals surface area contributed by atoms with Crippen molar-refractivity contribution >= 4 is 40.0 Å². The van der Waals surface area contributed by atoms with Crippen molar-refractivity contribution in [1.82, 2.24) is 4.98 Å². The topological polar surface area (TPSA) is 94.4 Å². The summed E-state index contributed by atoms with van der Waals surface area (Å²) >= 11 is 7.41. The number of aromatic nitrogens is 1. The van der Waals surface area contributed by atoms with Gasteiger partial charge in [0, 0.05) is 18.4 Å². The zero-order valence-corrected chi connectivity index (χ0v) is 15.4. The number of Topliss-reactive ketones (excluding diaryl/α,β-unsaturated/α-hetero) is 1. The first-order valence-electron chi connectivity index (χ1n) is 7.89. The lowest BCUT2D eigenvalue weighted by Gasteiger charge is -2.30. The second-order valence-electron chi connectivity index (χ2n) is 6.21. The second kappa shape index (κ2) is 7.06. The van der Waals surface area contributed by atoms with Gasteiger partial charge in [0.25, 0.3) is 0 Å². The van der Waals surface area contributed by atoms with E-state index in [1.165, 1.54) is 12.3 Å². The number of nitrogens with two attached hydrogens (primary N) is 2. The van der Waals surface area contributed by atoms with E-state index in [0.717, 1.165) is 23.3 Å². The van der Waals surface area contributed by atoms with E-state index >= 15 is 0 Å². The van der Waals surface area contributed by atoms with Crippen LogP contribution >= 0.6 is 23.4 Å². The molecule has 0 bridgehead atoms. The average molecular weight is 375 g/mol. The minimum atomic E-state index is -0.355. The van der Waals surface area contributed by atoms with Crippen molar-refractivity contribution in [2.24, 2.45) is 10.7 Å². The summed E-state index contributed by atoms with van der Waals surface area (Å²) < 4.78 is 0. The monoisotopic (exact) mass is 374 g/mol. The van der Waals surface area contributed by atoms with Crippen molar-refractivity contribution in [3.8, 4) is 0 Å². The molecule has 0 radical (unpaired) electrons. The van der Waals surface area contributed by atoms with E-state index in [1.807, 2.05) is 24.3 Å². The first-order chi connectivity index (χ1) is 11.9.